The van der Waals surface area contributed by atoms with Gasteiger partial charge in [0, 0.05) is 11.6 Å². The number of hydrogen-bond acceptors (Lipinski definition) is 3. The van der Waals surface area contributed by atoms with Gasteiger partial charge in [-0.2, -0.15) is 0 Å². The fraction of sp³-hybridized carbons (Fsp3) is 0. The molecule has 0 amide bonds. The van der Waals surface area contributed by atoms with Gasteiger partial charge in [0.25, 0.3) is 5.56 Å². The summed E-state index contributed by atoms with van der Waals surface area (Å²) in [5.74, 6) is -0.738. The summed E-state index contributed by atoms with van der Waals surface area (Å²) in [6.45, 7) is 0. The molecule has 0 aliphatic rings. The van der Waals surface area contributed by atoms with Gasteiger partial charge in [-0.25, -0.2) is 0 Å². The van der Waals surface area contributed by atoms with Crippen molar-refractivity contribution in [2.75, 3.05) is 0 Å². The van der Waals surface area contributed by atoms with Crippen molar-refractivity contribution < 1.29 is 10.2 Å². The molecule has 15 heavy (non-hydrogen) atoms. The molecule has 0 bridgehead atoms. The maximum absolute atomic E-state index is 11.1. The van der Waals surface area contributed by atoms with Gasteiger partial charge in [0.1, 0.15) is 0 Å². The number of aromatic nitrogens is 1. The number of benzene rings is 1. The molecule has 1 aromatic carbocycles. The maximum Gasteiger partial charge on any atom is 0.252 e. The van der Waals surface area contributed by atoms with Crippen LogP contribution in [0.5, 0.6) is 11.5 Å². The number of H-pyrrole nitrogens is 1. The normalized spacial score (nSPS) is 10.1. The molecule has 2 aromatic rings. The highest BCUT2D eigenvalue weighted by molar-refractivity contribution is 5.68. The fourth-order valence-corrected chi connectivity index (χ4v) is 1.35. The zero-order valence-electron chi connectivity index (χ0n) is 7.77. The van der Waals surface area contributed by atoms with Crippen molar-refractivity contribution in [2.45, 2.75) is 0 Å². The monoisotopic (exact) mass is 203 g/mol. The van der Waals surface area contributed by atoms with Crippen LogP contribution in [0.15, 0.2) is 41.2 Å². The van der Waals surface area contributed by atoms with E-state index in [2.05, 4.69) is 4.98 Å². The van der Waals surface area contributed by atoms with Crippen molar-refractivity contribution in [2.24, 2.45) is 0 Å². The second-order valence-corrected chi connectivity index (χ2v) is 3.11. The molecule has 0 saturated heterocycles. The third-order valence-corrected chi connectivity index (χ3v) is 2.06. The van der Waals surface area contributed by atoms with Gasteiger partial charge in [-0.3, -0.25) is 4.79 Å². The van der Waals surface area contributed by atoms with Gasteiger partial charge in [0.2, 0.25) is 0 Å². The summed E-state index contributed by atoms with van der Waals surface area (Å²) in [7, 11) is 0. The smallest absolute Gasteiger partial charge is 0.252 e. The van der Waals surface area contributed by atoms with Crippen LogP contribution in [0.3, 0.4) is 0 Å². The summed E-state index contributed by atoms with van der Waals surface area (Å²) in [6.07, 6.45) is 0. The van der Waals surface area contributed by atoms with E-state index >= 15 is 0 Å². The lowest BCUT2D eigenvalue weighted by Crippen LogP contribution is -2.04. The van der Waals surface area contributed by atoms with E-state index in [0.717, 1.165) is 6.07 Å². The Bertz CT molecular complexity index is 531. The second-order valence-electron chi connectivity index (χ2n) is 3.11. The van der Waals surface area contributed by atoms with Crippen molar-refractivity contribution in [3.8, 4) is 22.8 Å². The topological polar surface area (TPSA) is 73.3 Å². The number of aromatic amines is 1. The highest BCUT2D eigenvalue weighted by Gasteiger charge is 2.09. The quantitative estimate of drug-likeness (QED) is 0.656. The van der Waals surface area contributed by atoms with Crippen molar-refractivity contribution >= 4 is 0 Å². The average Bonchev–Trinajstić information content (AvgIpc) is 2.24. The Hall–Kier alpha value is -2.23. The van der Waals surface area contributed by atoms with E-state index in [0.29, 0.717) is 5.56 Å². The molecule has 4 heteroatoms. The summed E-state index contributed by atoms with van der Waals surface area (Å²) >= 11 is 0. The van der Waals surface area contributed by atoms with Gasteiger partial charge in [-0.15, -0.1) is 0 Å². The molecule has 1 heterocycles. The number of pyridine rings is 1. The minimum Gasteiger partial charge on any atom is -0.504 e. The number of hydrogen-bond donors (Lipinski definition) is 3. The Labute approximate surface area is 85.5 Å². The second kappa shape index (κ2) is 3.49. The largest absolute Gasteiger partial charge is 0.504 e. The van der Waals surface area contributed by atoms with E-state index in [4.69, 9.17) is 0 Å². The van der Waals surface area contributed by atoms with E-state index in [1.165, 1.54) is 0 Å². The van der Waals surface area contributed by atoms with Gasteiger partial charge >= 0.3 is 0 Å². The highest BCUT2D eigenvalue weighted by atomic mass is 16.3. The number of rotatable bonds is 1. The van der Waals surface area contributed by atoms with Crippen LogP contribution < -0.4 is 5.56 Å². The van der Waals surface area contributed by atoms with E-state index in [9.17, 15) is 15.0 Å². The third kappa shape index (κ3) is 1.69. The fourth-order valence-electron chi connectivity index (χ4n) is 1.35. The number of aromatic hydroxyl groups is 2. The van der Waals surface area contributed by atoms with Crippen LogP contribution in [0.4, 0.5) is 0 Å². The molecular weight excluding hydrogens is 194 g/mol. The SMILES string of the molecule is O=c1cc(O)c(O)c(-c2ccccc2)[nH]1. The first-order valence-electron chi connectivity index (χ1n) is 4.39. The molecule has 0 fully saturated rings. The predicted octanol–water partition coefficient (Wildman–Crippen LogP) is 1.45. The molecule has 0 aliphatic heterocycles. The lowest BCUT2D eigenvalue weighted by atomic mass is 10.1. The zero-order valence-corrected chi connectivity index (χ0v) is 7.77. The van der Waals surface area contributed by atoms with Gasteiger partial charge in [0.05, 0.1) is 5.69 Å². The molecule has 0 saturated carbocycles. The summed E-state index contributed by atoms with van der Waals surface area (Å²) in [6, 6.07) is 9.76. The van der Waals surface area contributed by atoms with Crippen molar-refractivity contribution in [3.05, 3.63) is 46.8 Å². The van der Waals surface area contributed by atoms with Crippen molar-refractivity contribution in [1.82, 2.24) is 4.98 Å². The Balaban J connectivity index is 2.68. The van der Waals surface area contributed by atoms with Gasteiger partial charge < -0.3 is 15.2 Å². The van der Waals surface area contributed by atoms with Crippen LogP contribution in [-0.2, 0) is 0 Å². The maximum atomic E-state index is 11.1. The highest BCUT2D eigenvalue weighted by Crippen LogP contribution is 2.32. The van der Waals surface area contributed by atoms with Crippen molar-refractivity contribution in [3.63, 3.8) is 0 Å². The summed E-state index contributed by atoms with van der Waals surface area (Å²) in [4.78, 5) is 13.6. The minimum atomic E-state index is -0.454. The molecule has 0 radical (unpaired) electrons. The van der Waals surface area contributed by atoms with E-state index < -0.39 is 11.3 Å². The van der Waals surface area contributed by atoms with Crippen LogP contribution in [0.1, 0.15) is 0 Å². The third-order valence-electron chi connectivity index (χ3n) is 2.06. The van der Waals surface area contributed by atoms with Crippen LogP contribution in [0.2, 0.25) is 0 Å². The first kappa shape index (κ1) is 9.33. The van der Waals surface area contributed by atoms with E-state index in [1.807, 2.05) is 6.07 Å². The van der Waals surface area contributed by atoms with Crippen LogP contribution in [0, 0.1) is 0 Å². The lowest BCUT2D eigenvalue weighted by molar-refractivity contribution is 0.402. The Morgan fingerprint density at radius 3 is 2.40 bits per heavy atom. The Morgan fingerprint density at radius 1 is 1.07 bits per heavy atom. The molecule has 0 aliphatic carbocycles. The predicted molar refractivity (Wildman–Crippen MR) is 55.8 cm³/mol. The molecule has 0 unspecified atom stereocenters. The Morgan fingerprint density at radius 2 is 1.73 bits per heavy atom. The molecule has 0 atom stereocenters. The van der Waals surface area contributed by atoms with Crippen LogP contribution >= 0.6 is 0 Å². The molecule has 76 valence electrons. The molecule has 4 nitrogen and oxygen atoms in total. The van der Waals surface area contributed by atoms with E-state index in [-0.39, 0.29) is 11.4 Å². The van der Waals surface area contributed by atoms with Crippen molar-refractivity contribution in [1.29, 1.82) is 0 Å². The zero-order chi connectivity index (χ0) is 10.8. The Kier molecular flexibility index (Phi) is 2.17. The molecule has 0 spiro atoms. The first-order valence-corrected chi connectivity index (χ1v) is 4.39. The molecular formula is C11H9NO3. The van der Waals surface area contributed by atoms with Crippen LogP contribution in [0.25, 0.3) is 11.3 Å². The summed E-state index contributed by atoms with van der Waals surface area (Å²) in [5, 5.41) is 18.8. The van der Waals surface area contributed by atoms with Gasteiger partial charge in [-0.1, -0.05) is 30.3 Å². The first-order chi connectivity index (χ1) is 7.18. The minimum absolute atomic E-state index is 0.223. The number of nitrogens with one attached hydrogen (secondary N) is 1. The van der Waals surface area contributed by atoms with Gasteiger partial charge in [-0.05, 0) is 0 Å². The molecule has 2 rings (SSSR count). The summed E-state index contributed by atoms with van der Waals surface area (Å²) in [5.41, 5.74) is 0.410. The van der Waals surface area contributed by atoms with Gasteiger partial charge in [0.15, 0.2) is 11.5 Å². The standard InChI is InChI=1S/C11H9NO3/c13-8-6-9(14)12-10(11(8)15)7-4-2-1-3-5-7/h1-6,15H,(H2,12,13,14). The average molecular weight is 203 g/mol. The summed E-state index contributed by atoms with van der Waals surface area (Å²) < 4.78 is 0. The molecule has 3 N–H and O–H groups in total. The van der Waals surface area contributed by atoms with Crippen LogP contribution in [-0.4, -0.2) is 15.2 Å². The molecule has 1 aromatic heterocycles. The lowest BCUT2D eigenvalue weighted by Gasteiger charge is -2.05. The van der Waals surface area contributed by atoms with E-state index in [1.54, 1.807) is 24.3 Å².